The van der Waals surface area contributed by atoms with Gasteiger partial charge in [0, 0.05) is 22.7 Å². The van der Waals surface area contributed by atoms with Crippen molar-refractivity contribution in [3.05, 3.63) is 51.6 Å². The number of amides is 3. The number of alkyl carbamates (subject to hydrolysis) is 1. The van der Waals surface area contributed by atoms with E-state index in [0.29, 0.717) is 50.4 Å². The van der Waals surface area contributed by atoms with Crippen LogP contribution in [0.4, 0.5) is 4.79 Å². The van der Waals surface area contributed by atoms with E-state index < -0.39 is 36.0 Å². The molecule has 1 aromatic carbocycles. The molecule has 1 aliphatic heterocycles. The smallest absolute Gasteiger partial charge is 0.408 e. The highest BCUT2D eigenvalue weighted by Gasteiger charge is 2.48. The number of carbonyl (C=O) groups is 4. The van der Waals surface area contributed by atoms with Gasteiger partial charge >= 0.3 is 12.1 Å². The summed E-state index contributed by atoms with van der Waals surface area (Å²) < 4.78 is 17.4. The number of halogens is 1. The van der Waals surface area contributed by atoms with Gasteiger partial charge in [-0.2, -0.15) is 0 Å². The molecular formula is C33H38ClN3O7S2. The molecule has 2 aliphatic carbocycles. The molecule has 246 valence electrons. The molecule has 2 saturated carbocycles. The fourth-order valence-electron chi connectivity index (χ4n) is 6.31. The third-order valence-electron chi connectivity index (χ3n) is 8.30. The highest BCUT2D eigenvalue weighted by Crippen LogP contribution is 2.49. The second-order valence-electron chi connectivity index (χ2n) is 12.9. The minimum Gasteiger partial charge on any atom is -0.464 e. The third-order valence-corrected chi connectivity index (χ3v) is 9.89. The molecular weight excluding hydrogens is 650 g/mol. The topological polar surface area (TPSA) is 141 Å². The first-order valence-corrected chi connectivity index (χ1v) is 17.0. The number of esters is 1. The minimum absolute atomic E-state index is 0.00264. The number of thiocarbonyl (C=S) groups is 1. The van der Waals surface area contributed by atoms with E-state index in [1.54, 1.807) is 39.0 Å². The van der Waals surface area contributed by atoms with Crippen LogP contribution < -0.4 is 11.1 Å². The van der Waals surface area contributed by atoms with Crippen molar-refractivity contribution in [2.75, 3.05) is 6.61 Å². The zero-order valence-corrected chi connectivity index (χ0v) is 28.4. The van der Waals surface area contributed by atoms with Crippen LogP contribution in [-0.2, 0) is 30.3 Å². The number of furan rings is 1. The van der Waals surface area contributed by atoms with Crippen molar-refractivity contribution < 1.29 is 33.1 Å². The maximum atomic E-state index is 13.6. The van der Waals surface area contributed by atoms with Gasteiger partial charge in [0.2, 0.25) is 5.91 Å². The molecule has 2 heterocycles. The summed E-state index contributed by atoms with van der Waals surface area (Å²) >= 11 is 13.1. The maximum absolute atomic E-state index is 13.6. The summed E-state index contributed by atoms with van der Waals surface area (Å²) in [5.74, 6) is 0.631. The van der Waals surface area contributed by atoms with Crippen LogP contribution in [0.2, 0.25) is 5.02 Å². The number of nitrogens with one attached hydrogen (secondary N) is 1. The predicted octanol–water partition coefficient (Wildman–Crippen LogP) is 6.23. The first-order valence-electron chi connectivity index (χ1n) is 15.4. The molecule has 1 saturated heterocycles. The summed E-state index contributed by atoms with van der Waals surface area (Å²) in [6.45, 7) is 5.03. The Morgan fingerprint density at radius 1 is 1.22 bits per heavy atom. The molecule has 1 aromatic heterocycles. The summed E-state index contributed by atoms with van der Waals surface area (Å²) in [5.41, 5.74) is 6.11. The van der Waals surface area contributed by atoms with E-state index in [0.717, 1.165) is 24.0 Å². The highest BCUT2D eigenvalue weighted by molar-refractivity contribution is 8.26. The van der Waals surface area contributed by atoms with Crippen LogP contribution in [0.1, 0.15) is 70.6 Å². The van der Waals surface area contributed by atoms with Gasteiger partial charge in [-0.05, 0) is 101 Å². The van der Waals surface area contributed by atoms with Gasteiger partial charge in [-0.15, -0.1) is 0 Å². The van der Waals surface area contributed by atoms with Gasteiger partial charge in [0.25, 0.3) is 5.91 Å². The normalized spacial score (nSPS) is 22.4. The Labute approximate surface area is 282 Å². The van der Waals surface area contributed by atoms with E-state index in [1.165, 1.54) is 24.6 Å². The van der Waals surface area contributed by atoms with Crippen LogP contribution >= 0.6 is 35.6 Å². The average Bonchev–Trinajstić information content (AvgIpc) is 3.74. The predicted molar refractivity (Wildman–Crippen MR) is 180 cm³/mol. The number of thioether (sulfide) groups is 1. The molecule has 4 atom stereocenters. The molecule has 10 nitrogen and oxygen atoms in total. The number of hydrogen-bond donors (Lipinski definition) is 2. The number of ether oxygens (including phenoxy) is 2. The van der Waals surface area contributed by atoms with E-state index in [2.05, 4.69) is 5.32 Å². The molecule has 2 aromatic rings. The summed E-state index contributed by atoms with van der Waals surface area (Å²) in [5, 5.41) is 2.96. The zero-order valence-electron chi connectivity index (χ0n) is 26.0. The van der Waals surface area contributed by atoms with Gasteiger partial charge in [-0.1, -0.05) is 42.0 Å². The number of carbonyl (C=O) groups excluding carboxylic acids is 4. The van der Waals surface area contributed by atoms with Gasteiger partial charge in [-0.25, -0.2) is 9.59 Å². The first-order chi connectivity index (χ1) is 21.8. The van der Waals surface area contributed by atoms with E-state index in [1.807, 2.05) is 23.1 Å². The van der Waals surface area contributed by atoms with Crippen molar-refractivity contribution in [2.45, 2.75) is 83.4 Å². The Morgan fingerprint density at radius 2 is 1.96 bits per heavy atom. The molecule has 3 fully saturated rings. The largest absolute Gasteiger partial charge is 0.464 e. The number of aryl methyl sites for hydroxylation is 1. The highest BCUT2D eigenvalue weighted by atomic mass is 35.5. The van der Waals surface area contributed by atoms with Crippen LogP contribution in [0, 0.1) is 11.8 Å². The van der Waals surface area contributed by atoms with Crippen LogP contribution in [0.15, 0.2) is 39.7 Å². The van der Waals surface area contributed by atoms with Gasteiger partial charge in [0.15, 0.2) is 0 Å². The van der Waals surface area contributed by atoms with Crippen molar-refractivity contribution in [3.8, 4) is 11.3 Å². The monoisotopic (exact) mass is 687 g/mol. The number of fused-ring (bicyclic) bond motifs is 2. The van der Waals surface area contributed by atoms with Crippen molar-refractivity contribution in [2.24, 2.45) is 17.6 Å². The van der Waals surface area contributed by atoms with Gasteiger partial charge in [0.05, 0.1) is 17.9 Å². The molecule has 3 N–H and O–H groups in total. The number of rotatable bonds is 11. The summed E-state index contributed by atoms with van der Waals surface area (Å²) in [6, 6.07) is 8.01. The number of primary amides is 1. The SMILES string of the molecule is CC(C)(C)OC(=O)N[C@@H](CC(N)=O)C(=O)OCCCc1cc(-c2ccc(Cl)cc2)oc1/C=C1\SC(=S)N(C2CC3CCC2C3)C1=O. The fourth-order valence-corrected chi connectivity index (χ4v) is 7.78. The number of benzene rings is 1. The van der Waals surface area contributed by atoms with E-state index in [4.69, 9.17) is 43.4 Å². The molecule has 3 amide bonds. The lowest BCUT2D eigenvalue weighted by Crippen LogP contribution is -2.46. The fraction of sp³-hybridized carbons (Fsp3) is 0.485. The zero-order chi connectivity index (χ0) is 33.2. The van der Waals surface area contributed by atoms with Crippen molar-refractivity contribution in [3.63, 3.8) is 0 Å². The molecule has 2 bridgehead atoms. The molecule has 13 heteroatoms. The lowest BCUT2D eigenvalue weighted by Gasteiger charge is -2.30. The van der Waals surface area contributed by atoms with Gasteiger partial charge < -0.3 is 24.9 Å². The molecule has 3 unspecified atom stereocenters. The van der Waals surface area contributed by atoms with Crippen LogP contribution in [0.3, 0.4) is 0 Å². The van der Waals surface area contributed by atoms with Crippen molar-refractivity contribution >= 4 is 69.9 Å². The standard InChI is InChI=1S/C33H38ClN3O7S2/c1-33(2,3)44-31(41)36-23(16-28(35)38)30(40)42-12-4-5-21-15-25(19-8-10-22(34)11-9-19)43-26(21)17-27-29(39)37(32(45)46-27)24-14-18-6-7-20(24)13-18/h8-11,15,17-18,20,23-24H,4-7,12-14,16H2,1-3H3,(H2,35,38)(H,36,41)/b27-17-/t18?,20?,23-,24?/m0/s1. The summed E-state index contributed by atoms with van der Waals surface area (Å²) in [4.78, 5) is 52.4. The maximum Gasteiger partial charge on any atom is 0.408 e. The summed E-state index contributed by atoms with van der Waals surface area (Å²) in [7, 11) is 0. The first kappa shape index (κ1) is 34.0. The van der Waals surface area contributed by atoms with Crippen molar-refractivity contribution in [1.29, 1.82) is 0 Å². The third kappa shape index (κ3) is 8.32. The number of hydrogen-bond acceptors (Lipinski definition) is 9. The number of nitrogens with zero attached hydrogens (tertiary/aromatic N) is 1. The van der Waals surface area contributed by atoms with E-state index in [9.17, 15) is 19.2 Å². The Bertz CT molecular complexity index is 1550. The summed E-state index contributed by atoms with van der Waals surface area (Å²) in [6.07, 6.45) is 5.84. The molecule has 5 rings (SSSR count). The lowest BCUT2D eigenvalue weighted by molar-refractivity contribution is -0.147. The van der Waals surface area contributed by atoms with E-state index in [-0.39, 0.29) is 18.6 Å². The Kier molecular flexibility index (Phi) is 10.5. The molecule has 0 spiro atoms. The average molecular weight is 688 g/mol. The second kappa shape index (κ2) is 14.2. The van der Waals surface area contributed by atoms with Gasteiger partial charge in [-0.3, -0.25) is 14.5 Å². The molecule has 3 aliphatic rings. The number of nitrogens with two attached hydrogens (primary N) is 1. The minimum atomic E-state index is -1.29. The van der Waals surface area contributed by atoms with Crippen LogP contribution in [0.25, 0.3) is 17.4 Å². The van der Waals surface area contributed by atoms with Crippen LogP contribution in [0.5, 0.6) is 0 Å². The molecule has 46 heavy (non-hydrogen) atoms. The van der Waals surface area contributed by atoms with E-state index >= 15 is 0 Å². The van der Waals surface area contributed by atoms with Gasteiger partial charge in [0.1, 0.15) is 27.5 Å². The quantitative estimate of drug-likeness (QED) is 0.122. The lowest BCUT2D eigenvalue weighted by atomic mass is 9.94. The Morgan fingerprint density at radius 3 is 2.59 bits per heavy atom. The Balaban J connectivity index is 1.28. The second-order valence-corrected chi connectivity index (χ2v) is 15.1. The van der Waals surface area contributed by atoms with Crippen LogP contribution in [-0.4, -0.2) is 57.4 Å². The Hall–Kier alpha value is -3.35. The van der Waals surface area contributed by atoms with Crippen molar-refractivity contribution in [1.82, 2.24) is 10.2 Å². The molecule has 0 radical (unpaired) electrons.